The Morgan fingerprint density at radius 2 is 1.94 bits per heavy atom. The molecule has 1 aliphatic heterocycles. The number of hydrogen-bond donors (Lipinski definition) is 1. The van der Waals surface area contributed by atoms with Gasteiger partial charge in [-0.3, -0.25) is 9.59 Å². The third kappa shape index (κ3) is 3.20. The van der Waals surface area contributed by atoms with Gasteiger partial charge in [0.25, 0.3) is 0 Å². The lowest BCUT2D eigenvalue weighted by Gasteiger charge is -2.39. The highest BCUT2D eigenvalue weighted by Gasteiger charge is 2.38. The lowest BCUT2D eigenvalue weighted by molar-refractivity contribution is -0.150. The molecule has 2 amide bonds. The van der Waals surface area contributed by atoms with E-state index in [1.165, 1.54) is 0 Å². The molecule has 0 aliphatic carbocycles. The molecule has 98 valence electrons. The van der Waals surface area contributed by atoms with E-state index < -0.39 is 0 Å². The SMILES string of the molecule is CCCC1NC(=O)C(CC)N(CC(C)C)C1=O. The summed E-state index contributed by atoms with van der Waals surface area (Å²) in [5, 5.41) is 2.84. The molecular formula is C13H24N2O2. The quantitative estimate of drug-likeness (QED) is 0.792. The van der Waals surface area contributed by atoms with Crippen LogP contribution in [0.25, 0.3) is 0 Å². The van der Waals surface area contributed by atoms with Gasteiger partial charge in [0.1, 0.15) is 12.1 Å². The summed E-state index contributed by atoms with van der Waals surface area (Å²) in [5.41, 5.74) is 0. The van der Waals surface area contributed by atoms with Gasteiger partial charge in [0, 0.05) is 6.54 Å². The predicted octanol–water partition coefficient (Wildman–Crippen LogP) is 1.55. The van der Waals surface area contributed by atoms with Crippen molar-refractivity contribution in [1.29, 1.82) is 0 Å². The van der Waals surface area contributed by atoms with Crippen molar-refractivity contribution < 1.29 is 9.59 Å². The van der Waals surface area contributed by atoms with Gasteiger partial charge in [0.2, 0.25) is 11.8 Å². The Morgan fingerprint density at radius 3 is 2.41 bits per heavy atom. The zero-order valence-electron chi connectivity index (χ0n) is 11.3. The van der Waals surface area contributed by atoms with E-state index in [1.54, 1.807) is 4.90 Å². The number of amides is 2. The smallest absolute Gasteiger partial charge is 0.245 e. The fourth-order valence-electron chi connectivity index (χ4n) is 2.33. The predicted molar refractivity (Wildman–Crippen MR) is 67.5 cm³/mol. The summed E-state index contributed by atoms with van der Waals surface area (Å²) < 4.78 is 0. The molecule has 1 fully saturated rings. The maximum absolute atomic E-state index is 12.3. The van der Waals surface area contributed by atoms with Gasteiger partial charge in [-0.1, -0.05) is 34.1 Å². The third-order valence-corrected chi connectivity index (χ3v) is 3.10. The maximum Gasteiger partial charge on any atom is 0.245 e. The number of nitrogens with one attached hydrogen (secondary N) is 1. The summed E-state index contributed by atoms with van der Waals surface area (Å²) in [6.07, 6.45) is 2.32. The monoisotopic (exact) mass is 240 g/mol. The van der Waals surface area contributed by atoms with Crippen LogP contribution in [0.15, 0.2) is 0 Å². The molecule has 0 aromatic carbocycles. The Labute approximate surface area is 104 Å². The number of carbonyl (C=O) groups excluding carboxylic acids is 2. The van der Waals surface area contributed by atoms with Crippen molar-refractivity contribution in [1.82, 2.24) is 10.2 Å². The Hall–Kier alpha value is -1.06. The Balaban J connectivity index is 2.84. The molecule has 0 spiro atoms. The van der Waals surface area contributed by atoms with E-state index >= 15 is 0 Å². The molecule has 4 nitrogen and oxygen atoms in total. The standard InChI is InChI=1S/C13H24N2O2/c1-5-7-10-13(17)15(8-9(3)4)11(6-2)12(16)14-10/h9-11H,5-8H2,1-4H3,(H,14,16). The van der Waals surface area contributed by atoms with Crippen molar-refractivity contribution in [2.75, 3.05) is 6.54 Å². The van der Waals surface area contributed by atoms with E-state index in [2.05, 4.69) is 19.2 Å². The van der Waals surface area contributed by atoms with E-state index in [1.807, 2.05) is 13.8 Å². The number of rotatable bonds is 5. The van der Waals surface area contributed by atoms with Crippen LogP contribution in [0.1, 0.15) is 47.0 Å². The van der Waals surface area contributed by atoms with Crippen LogP contribution in [-0.4, -0.2) is 35.3 Å². The lowest BCUT2D eigenvalue weighted by atomic mass is 10.0. The summed E-state index contributed by atoms with van der Waals surface area (Å²) in [5.74, 6) is 0.486. The van der Waals surface area contributed by atoms with Gasteiger partial charge in [-0.25, -0.2) is 0 Å². The van der Waals surface area contributed by atoms with E-state index in [0.29, 0.717) is 18.9 Å². The second-order valence-corrected chi connectivity index (χ2v) is 5.16. The minimum atomic E-state index is -0.311. The van der Waals surface area contributed by atoms with Crippen molar-refractivity contribution in [3.05, 3.63) is 0 Å². The van der Waals surface area contributed by atoms with Gasteiger partial charge in [-0.2, -0.15) is 0 Å². The van der Waals surface area contributed by atoms with Crippen LogP contribution in [0.4, 0.5) is 0 Å². The topological polar surface area (TPSA) is 49.4 Å². The first-order chi connectivity index (χ1) is 8.01. The summed E-state index contributed by atoms with van der Waals surface area (Å²) in [4.78, 5) is 26.0. The van der Waals surface area contributed by atoms with Crippen LogP contribution in [0.5, 0.6) is 0 Å². The molecule has 2 unspecified atom stereocenters. The molecule has 0 radical (unpaired) electrons. The zero-order valence-corrected chi connectivity index (χ0v) is 11.3. The number of hydrogen-bond acceptors (Lipinski definition) is 2. The summed E-state index contributed by atoms with van der Waals surface area (Å²) in [6, 6.07) is -0.591. The minimum Gasteiger partial charge on any atom is -0.343 e. The maximum atomic E-state index is 12.3. The van der Waals surface area contributed by atoms with Crippen LogP contribution < -0.4 is 5.32 Å². The Bertz CT molecular complexity index is 289. The van der Waals surface area contributed by atoms with Crippen LogP contribution in [0, 0.1) is 5.92 Å². The van der Waals surface area contributed by atoms with Crippen LogP contribution in [-0.2, 0) is 9.59 Å². The highest BCUT2D eigenvalue weighted by atomic mass is 16.2. The Morgan fingerprint density at radius 1 is 1.29 bits per heavy atom. The van der Waals surface area contributed by atoms with E-state index in [0.717, 1.165) is 12.8 Å². The second kappa shape index (κ2) is 6.03. The van der Waals surface area contributed by atoms with E-state index in [9.17, 15) is 9.59 Å². The average molecular weight is 240 g/mol. The molecule has 0 aromatic heterocycles. The number of nitrogens with zero attached hydrogens (tertiary/aromatic N) is 1. The molecule has 0 bridgehead atoms. The molecule has 0 saturated carbocycles. The molecule has 4 heteroatoms. The third-order valence-electron chi connectivity index (χ3n) is 3.10. The van der Waals surface area contributed by atoms with Gasteiger partial charge in [-0.15, -0.1) is 0 Å². The van der Waals surface area contributed by atoms with Crippen molar-refractivity contribution in [3.8, 4) is 0 Å². The average Bonchev–Trinajstić information content (AvgIpc) is 2.25. The fourth-order valence-corrected chi connectivity index (χ4v) is 2.33. The number of piperazine rings is 1. The summed E-state index contributed by atoms with van der Waals surface area (Å²) >= 11 is 0. The van der Waals surface area contributed by atoms with E-state index in [-0.39, 0.29) is 23.9 Å². The first kappa shape index (κ1) is 14.0. The molecular weight excluding hydrogens is 216 g/mol. The van der Waals surface area contributed by atoms with Crippen molar-refractivity contribution in [2.45, 2.75) is 59.0 Å². The molecule has 1 heterocycles. The highest BCUT2D eigenvalue weighted by molar-refractivity contribution is 5.96. The summed E-state index contributed by atoms with van der Waals surface area (Å²) in [7, 11) is 0. The van der Waals surface area contributed by atoms with E-state index in [4.69, 9.17) is 0 Å². The second-order valence-electron chi connectivity index (χ2n) is 5.16. The number of carbonyl (C=O) groups is 2. The van der Waals surface area contributed by atoms with Gasteiger partial charge in [0.05, 0.1) is 0 Å². The Kier molecular flexibility index (Phi) is 4.97. The molecule has 1 aliphatic rings. The van der Waals surface area contributed by atoms with Gasteiger partial charge in [0.15, 0.2) is 0 Å². The fraction of sp³-hybridized carbons (Fsp3) is 0.846. The van der Waals surface area contributed by atoms with Crippen LogP contribution in [0.3, 0.4) is 0 Å². The highest BCUT2D eigenvalue weighted by Crippen LogP contribution is 2.17. The zero-order chi connectivity index (χ0) is 13.0. The molecule has 1 saturated heterocycles. The summed E-state index contributed by atoms with van der Waals surface area (Å²) in [6.45, 7) is 8.79. The minimum absolute atomic E-state index is 0.00574. The first-order valence-electron chi connectivity index (χ1n) is 6.62. The van der Waals surface area contributed by atoms with Gasteiger partial charge >= 0.3 is 0 Å². The van der Waals surface area contributed by atoms with Gasteiger partial charge in [-0.05, 0) is 18.8 Å². The van der Waals surface area contributed by atoms with Crippen LogP contribution >= 0.6 is 0 Å². The van der Waals surface area contributed by atoms with Crippen LogP contribution in [0.2, 0.25) is 0 Å². The lowest BCUT2D eigenvalue weighted by Crippen LogP contribution is -2.63. The van der Waals surface area contributed by atoms with Crippen molar-refractivity contribution in [3.63, 3.8) is 0 Å². The normalized spacial score (nSPS) is 25.4. The molecule has 1 rings (SSSR count). The molecule has 1 N–H and O–H groups in total. The van der Waals surface area contributed by atoms with Crippen molar-refractivity contribution in [2.24, 2.45) is 5.92 Å². The molecule has 17 heavy (non-hydrogen) atoms. The van der Waals surface area contributed by atoms with Crippen molar-refractivity contribution >= 4 is 11.8 Å². The largest absolute Gasteiger partial charge is 0.343 e. The first-order valence-corrected chi connectivity index (χ1v) is 6.62. The molecule has 2 atom stereocenters. The molecule has 0 aromatic rings. The van der Waals surface area contributed by atoms with Gasteiger partial charge < -0.3 is 10.2 Å².